The van der Waals surface area contributed by atoms with Gasteiger partial charge in [-0.1, -0.05) is 139 Å². The van der Waals surface area contributed by atoms with Gasteiger partial charge < -0.3 is 9.80 Å². The van der Waals surface area contributed by atoms with Gasteiger partial charge in [0.05, 0.1) is 0 Å². The Morgan fingerprint density at radius 2 is 1.00 bits per heavy atom. The van der Waals surface area contributed by atoms with Crippen molar-refractivity contribution in [1.29, 1.82) is 0 Å². The molecular weight excluding hydrogens is 605 g/mol. The van der Waals surface area contributed by atoms with E-state index in [4.69, 9.17) is 0 Å². The lowest BCUT2D eigenvalue weighted by molar-refractivity contribution is 0.590. The molecule has 0 spiro atoms. The fraction of sp³-hybridized carbons (Fsp3) is 0.250. The number of hydrogen-bond acceptors (Lipinski definition) is 2. The van der Waals surface area contributed by atoms with E-state index >= 15 is 0 Å². The molecule has 0 N–H and O–H groups in total. The molecule has 1 atom stereocenters. The number of rotatable bonds is 8. The Labute approximate surface area is 301 Å². The van der Waals surface area contributed by atoms with Crippen LogP contribution in [-0.4, -0.2) is 0 Å². The molecule has 0 bridgehead atoms. The molecule has 50 heavy (non-hydrogen) atoms. The van der Waals surface area contributed by atoms with Crippen molar-refractivity contribution in [2.75, 3.05) is 9.80 Å². The van der Waals surface area contributed by atoms with Crippen LogP contribution in [0.5, 0.6) is 0 Å². The van der Waals surface area contributed by atoms with Crippen molar-refractivity contribution >= 4 is 34.5 Å². The smallest absolute Gasteiger partial charge is 0.0487 e. The van der Waals surface area contributed by atoms with Gasteiger partial charge in [0.15, 0.2) is 0 Å². The lowest BCUT2D eigenvalue weighted by Gasteiger charge is -2.34. The van der Waals surface area contributed by atoms with Gasteiger partial charge in [-0.2, -0.15) is 0 Å². The van der Waals surface area contributed by atoms with Crippen LogP contribution in [0.15, 0.2) is 157 Å². The van der Waals surface area contributed by atoms with Crippen LogP contribution < -0.4 is 9.80 Å². The molecule has 1 aliphatic carbocycles. The average Bonchev–Trinajstić information content (AvgIpc) is 3.10. The van der Waals surface area contributed by atoms with E-state index < -0.39 is 0 Å². The lowest BCUT2D eigenvalue weighted by atomic mass is 9.86. The van der Waals surface area contributed by atoms with Gasteiger partial charge in [-0.05, 0) is 113 Å². The topological polar surface area (TPSA) is 6.48 Å². The van der Waals surface area contributed by atoms with Crippen molar-refractivity contribution in [3.63, 3.8) is 0 Å². The highest BCUT2D eigenvalue weighted by molar-refractivity contribution is 5.78. The Hall–Kier alpha value is -5.08. The molecule has 1 unspecified atom stereocenters. The SMILES string of the molecule is Cc1ccccc1N(C1=CC=C(/C=C/c2ccc(N(c3ccc(C(C)(C)C)cc3)c3ccc(C(C)(C)C)cc3)cc2)CC1C)c1ccccc1. The zero-order valence-electron chi connectivity index (χ0n) is 31.1. The van der Waals surface area contributed by atoms with Crippen LogP contribution >= 0.6 is 0 Å². The second-order valence-corrected chi connectivity index (χ2v) is 15.7. The molecule has 0 amide bonds. The molecule has 2 heteroatoms. The first-order valence-electron chi connectivity index (χ1n) is 18.0. The zero-order valence-corrected chi connectivity index (χ0v) is 31.1. The van der Waals surface area contributed by atoms with E-state index in [1.54, 1.807) is 0 Å². The second-order valence-electron chi connectivity index (χ2n) is 15.7. The van der Waals surface area contributed by atoms with Crippen LogP contribution in [0.4, 0.5) is 28.4 Å². The van der Waals surface area contributed by atoms with Gasteiger partial charge in [-0.15, -0.1) is 0 Å². The summed E-state index contributed by atoms with van der Waals surface area (Å²) in [6, 6.07) is 46.4. The maximum Gasteiger partial charge on any atom is 0.0487 e. The van der Waals surface area contributed by atoms with E-state index in [1.807, 2.05) is 0 Å². The molecule has 0 saturated heterocycles. The lowest BCUT2D eigenvalue weighted by Crippen LogP contribution is -2.23. The van der Waals surface area contributed by atoms with Crippen molar-refractivity contribution < 1.29 is 0 Å². The molecule has 254 valence electrons. The molecule has 0 heterocycles. The largest absolute Gasteiger partial charge is 0.314 e. The van der Waals surface area contributed by atoms with E-state index in [1.165, 1.54) is 44.9 Å². The van der Waals surface area contributed by atoms with Gasteiger partial charge in [0.2, 0.25) is 0 Å². The van der Waals surface area contributed by atoms with Crippen LogP contribution in [0.3, 0.4) is 0 Å². The van der Waals surface area contributed by atoms with E-state index in [9.17, 15) is 0 Å². The van der Waals surface area contributed by atoms with Crippen molar-refractivity contribution in [2.24, 2.45) is 5.92 Å². The molecule has 0 aliphatic heterocycles. The second kappa shape index (κ2) is 14.4. The van der Waals surface area contributed by atoms with E-state index in [0.717, 1.165) is 23.5 Å². The summed E-state index contributed by atoms with van der Waals surface area (Å²) in [6.07, 6.45) is 10.1. The first-order valence-corrected chi connectivity index (χ1v) is 18.0. The molecule has 0 saturated carbocycles. The van der Waals surface area contributed by atoms with Crippen molar-refractivity contribution in [3.05, 3.63) is 179 Å². The first kappa shape index (κ1) is 34.8. The average molecular weight is 657 g/mol. The predicted molar refractivity (Wildman–Crippen MR) is 217 cm³/mol. The van der Waals surface area contributed by atoms with Crippen LogP contribution in [0.2, 0.25) is 0 Å². The standard InChI is InChI=1S/C48H52N2/c1-35-14-12-13-17-45(35)50(41-15-10-9-11-16-41)46-33-22-38(34-36(46)2)19-18-37-20-27-42(28-21-37)49(43-29-23-39(24-30-43)47(3,4)5)44-31-25-40(26-32-44)48(6,7)8/h9-33,36H,34H2,1-8H3/b19-18+. The third-order valence-electron chi connectivity index (χ3n) is 9.77. The van der Waals surface area contributed by atoms with Gasteiger partial charge in [-0.25, -0.2) is 0 Å². The zero-order chi connectivity index (χ0) is 35.5. The highest BCUT2D eigenvalue weighted by Crippen LogP contribution is 2.40. The third-order valence-corrected chi connectivity index (χ3v) is 9.77. The minimum Gasteiger partial charge on any atom is -0.314 e. The number of nitrogens with zero attached hydrogens (tertiary/aromatic N) is 2. The van der Waals surface area contributed by atoms with E-state index in [0.29, 0.717) is 5.92 Å². The fourth-order valence-corrected chi connectivity index (χ4v) is 6.73. The van der Waals surface area contributed by atoms with Crippen molar-refractivity contribution in [2.45, 2.75) is 72.6 Å². The number of anilines is 5. The normalized spacial score (nSPS) is 15.1. The molecular formula is C48H52N2. The highest BCUT2D eigenvalue weighted by atomic mass is 15.2. The van der Waals surface area contributed by atoms with Crippen LogP contribution in [-0.2, 0) is 10.8 Å². The summed E-state index contributed by atoms with van der Waals surface area (Å²) in [5, 5.41) is 0. The third kappa shape index (κ3) is 7.87. The molecule has 6 rings (SSSR count). The van der Waals surface area contributed by atoms with E-state index in [2.05, 4.69) is 217 Å². The van der Waals surface area contributed by atoms with Crippen molar-refractivity contribution in [3.8, 4) is 0 Å². The van der Waals surface area contributed by atoms with Gasteiger partial charge in [-0.3, -0.25) is 0 Å². The van der Waals surface area contributed by atoms with E-state index in [-0.39, 0.29) is 10.8 Å². The number of para-hydroxylation sites is 2. The summed E-state index contributed by atoms with van der Waals surface area (Å²) >= 11 is 0. The number of benzene rings is 5. The fourth-order valence-electron chi connectivity index (χ4n) is 6.73. The summed E-state index contributed by atoms with van der Waals surface area (Å²) in [4.78, 5) is 4.78. The summed E-state index contributed by atoms with van der Waals surface area (Å²) in [7, 11) is 0. The molecule has 0 fully saturated rings. The molecule has 0 radical (unpaired) electrons. The van der Waals surface area contributed by atoms with Gasteiger partial charge in [0, 0.05) is 40.1 Å². The van der Waals surface area contributed by atoms with Crippen LogP contribution in [0.1, 0.15) is 77.1 Å². The summed E-state index contributed by atoms with van der Waals surface area (Å²) in [5.74, 6) is 0.365. The number of hydrogen-bond donors (Lipinski definition) is 0. The predicted octanol–water partition coefficient (Wildman–Crippen LogP) is 13.8. The summed E-state index contributed by atoms with van der Waals surface area (Å²) in [5.41, 5.74) is 13.9. The minimum atomic E-state index is 0.108. The summed E-state index contributed by atoms with van der Waals surface area (Å²) < 4.78 is 0. The minimum absolute atomic E-state index is 0.108. The van der Waals surface area contributed by atoms with Gasteiger partial charge in [0.25, 0.3) is 0 Å². The molecule has 2 nitrogen and oxygen atoms in total. The number of allylic oxidation sites excluding steroid dienone is 5. The van der Waals surface area contributed by atoms with Crippen LogP contribution in [0, 0.1) is 12.8 Å². The Morgan fingerprint density at radius 1 is 0.520 bits per heavy atom. The first-order chi connectivity index (χ1) is 23.9. The Balaban J connectivity index is 1.27. The van der Waals surface area contributed by atoms with Crippen molar-refractivity contribution in [1.82, 2.24) is 0 Å². The van der Waals surface area contributed by atoms with Crippen LogP contribution in [0.25, 0.3) is 6.08 Å². The quantitative estimate of drug-likeness (QED) is 0.164. The maximum atomic E-state index is 2.43. The molecule has 0 aromatic heterocycles. The highest BCUT2D eigenvalue weighted by Gasteiger charge is 2.24. The molecule has 1 aliphatic rings. The van der Waals surface area contributed by atoms with Gasteiger partial charge in [0.1, 0.15) is 0 Å². The maximum absolute atomic E-state index is 2.43. The monoisotopic (exact) mass is 656 g/mol. The Kier molecular flexibility index (Phi) is 10.0. The molecule has 5 aromatic rings. The number of aryl methyl sites for hydroxylation is 1. The Morgan fingerprint density at radius 3 is 1.50 bits per heavy atom. The summed E-state index contributed by atoms with van der Waals surface area (Å²) in [6.45, 7) is 18.1. The molecule has 5 aromatic carbocycles. The van der Waals surface area contributed by atoms with Gasteiger partial charge >= 0.3 is 0 Å². The Bertz CT molecular complexity index is 1920.